The second-order valence-corrected chi connectivity index (χ2v) is 4.19. The van der Waals surface area contributed by atoms with Crippen LogP contribution in [0.2, 0.25) is 0 Å². The number of hydrogen-bond acceptors (Lipinski definition) is 2. The molecule has 0 bridgehead atoms. The molecule has 3 heteroatoms. The van der Waals surface area contributed by atoms with E-state index >= 15 is 0 Å². The van der Waals surface area contributed by atoms with E-state index in [2.05, 4.69) is 0 Å². The molecular weight excluding hydrogens is 170 g/mol. The topological polar surface area (TPSA) is 43.1 Å². The van der Waals surface area contributed by atoms with Gasteiger partial charge in [0.25, 0.3) is 0 Å². The van der Waals surface area contributed by atoms with E-state index in [-0.39, 0.29) is 6.04 Å². The summed E-state index contributed by atoms with van der Waals surface area (Å²) in [5.74, 6) is 0. The van der Waals surface area contributed by atoms with Crippen molar-refractivity contribution < 1.29 is 4.21 Å². The van der Waals surface area contributed by atoms with Crippen LogP contribution in [0.15, 0.2) is 29.2 Å². The fraction of sp³-hybridized carbons (Fsp3) is 0.333. The summed E-state index contributed by atoms with van der Waals surface area (Å²) in [4.78, 5) is 0.847. The molecule has 0 aliphatic heterocycles. The molecule has 0 amide bonds. The molecule has 0 saturated heterocycles. The maximum Gasteiger partial charge on any atom is 0.0498 e. The quantitative estimate of drug-likeness (QED) is 0.754. The second kappa shape index (κ2) is 3.83. The SMILES string of the molecule is C[C@H](N)c1ccc([S@@](C)=O)cc1. The molecule has 0 heterocycles. The van der Waals surface area contributed by atoms with E-state index in [0.29, 0.717) is 0 Å². The summed E-state index contributed by atoms with van der Waals surface area (Å²) in [6.07, 6.45) is 1.67. The van der Waals surface area contributed by atoms with Gasteiger partial charge in [-0.25, -0.2) is 0 Å². The van der Waals surface area contributed by atoms with Crippen LogP contribution in [0.1, 0.15) is 18.5 Å². The number of nitrogens with two attached hydrogens (primary N) is 1. The summed E-state index contributed by atoms with van der Waals surface area (Å²) < 4.78 is 11.0. The molecule has 0 fully saturated rings. The molecule has 0 aliphatic rings. The minimum Gasteiger partial charge on any atom is -0.324 e. The normalized spacial score (nSPS) is 15.6. The number of rotatable bonds is 2. The zero-order chi connectivity index (χ0) is 9.14. The highest BCUT2D eigenvalue weighted by molar-refractivity contribution is 7.84. The van der Waals surface area contributed by atoms with E-state index in [0.717, 1.165) is 10.5 Å². The van der Waals surface area contributed by atoms with Crippen LogP contribution in [0.4, 0.5) is 0 Å². The highest BCUT2D eigenvalue weighted by Crippen LogP contribution is 2.12. The molecule has 0 aliphatic carbocycles. The van der Waals surface area contributed by atoms with E-state index in [1.165, 1.54) is 0 Å². The average Bonchev–Trinajstić information content (AvgIpc) is 2.04. The van der Waals surface area contributed by atoms with Crippen LogP contribution < -0.4 is 5.73 Å². The van der Waals surface area contributed by atoms with Gasteiger partial charge in [0, 0.05) is 28.0 Å². The summed E-state index contributed by atoms with van der Waals surface area (Å²) >= 11 is 0. The zero-order valence-corrected chi connectivity index (χ0v) is 8.10. The lowest BCUT2D eigenvalue weighted by Gasteiger charge is -2.05. The minimum absolute atomic E-state index is 0.0457. The second-order valence-electron chi connectivity index (χ2n) is 2.81. The zero-order valence-electron chi connectivity index (χ0n) is 7.28. The molecule has 66 valence electrons. The smallest absolute Gasteiger partial charge is 0.0498 e. The molecule has 2 nitrogen and oxygen atoms in total. The Morgan fingerprint density at radius 2 is 1.83 bits per heavy atom. The predicted molar refractivity (Wildman–Crippen MR) is 51.4 cm³/mol. The van der Waals surface area contributed by atoms with Crippen LogP contribution in [0.5, 0.6) is 0 Å². The number of hydrogen-bond donors (Lipinski definition) is 1. The standard InChI is InChI=1S/C9H13NOS/c1-7(10)8-3-5-9(6-4-8)12(2)11/h3-7H,10H2,1-2H3/t7-,12+/m0/s1. The van der Waals surface area contributed by atoms with E-state index in [9.17, 15) is 4.21 Å². The maximum absolute atomic E-state index is 11.0. The van der Waals surface area contributed by atoms with Gasteiger partial charge in [-0.05, 0) is 24.6 Å². The third kappa shape index (κ3) is 2.16. The third-order valence-corrected chi connectivity index (χ3v) is 2.67. The van der Waals surface area contributed by atoms with Crippen molar-refractivity contribution in [2.24, 2.45) is 5.73 Å². The maximum atomic E-state index is 11.0. The van der Waals surface area contributed by atoms with Crippen molar-refractivity contribution in [3.05, 3.63) is 29.8 Å². The van der Waals surface area contributed by atoms with Crippen LogP contribution in [-0.4, -0.2) is 10.5 Å². The minimum atomic E-state index is -0.891. The summed E-state index contributed by atoms with van der Waals surface area (Å²) in [6, 6.07) is 7.59. The van der Waals surface area contributed by atoms with Crippen molar-refractivity contribution in [1.82, 2.24) is 0 Å². The Morgan fingerprint density at radius 1 is 1.33 bits per heavy atom. The molecule has 0 unspecified atom stereocenters. The lowest BCUT2D eigenvalue weighted by Crippen LogP contribution is -2.04. The molecule has 2 N–H and O–H groups in total. The monoisotopic (exact) mass is 183 g/mol. The van der Waals surface area contributed by atoms with Crippen LogP contribution >= 0.6 is 0 Å². The van der Waals surface area contributed by atoms with Gasteiger partial charge in [0.2, 0.25) is 0 Å². The predicted octanol–water partition coefficient (Wildman–Crippen LogP) is 1.44. The number of benzene rings is 1. The van der Waals surface area contributed by atoms with E-state index < -0.39 is 10.8 Å². The molecule has 0 aromatic heterocycles. The Balaban J connectivity index is 2.93. The van der Waals surface area contributed by atoms with Crippen molar-refractivity contribution in [1.29, 1.82) is 0 Å². The molecule has 0 spiro atoms. The Bertz CT molecular complexity index is 279. The van der Waals surface area contributed by atoms with E-state index in [1.54, 1.807) is 6.26 Å². The molecule has 1 rings (SSSR count). The average molecular weight is 183 g/mol. The molecule has 1 aromatic rings. The summed E-state index contributed by atoms with van der Waals surface area (Å²) in [5.41, 5.74) is 6.74. The first kappa shape index (κ1) is 9.42. The van der Waals surface area contributed by atoms with Gasteiger partial charge < -0.3 is 5.73 Å². The van der Waals surface area contributed by atoms with Crippen molar-refractivity contribution in [2.75, 3.05) is 6.26 Å². The summed E-state index contributed by atoms with van der Waals surface area (Å²) in [5, 5.41) is 0. The summed E-state index contributed by atoms with van der Waals surface area (Å²) in [7, 11) is -0.891. The van der Waals surface area contributed by atoms with Gasteiger partial charge in [-0.2, -0.15) is 0 Å². The molecule has 12 heavy (non-hydrogen) atoms. The fourth-order valence-corrected chi connectivity index (χ4v) is 1.48. The Hall–Kier alpha value is -0.670. The van der Waals surface area contributed by atoms with Crippen LogP contribution in [0.3, 0.4) is 0 Å². The highest BCUT2D eigenvalue weighted by atomic mass is 32.2. The van der Waals surface area contributed by atoms with Gasteiger partial charge in [-0.1, -0.05) is 12.1 Å². The molecular formula is C9H13NOS. The summed E-state index contributed by atoms with van der Waals surface area (Å²) in [6.45, 7) is 1.93. The van der Waals surface area contributed by atoms with Crippen molar-refractivity contribution >= 4 is 10.8 Å². The van der Waals surface area contributed by atoms with Crippen LogP contribution in [0, 0.1) is 0 Å². The molecule has 2 atom stereocenters. The fourth-order valence-electron chi connectivity index (χ4n) is 0.963. The van der Waals surface area contributed by atoms with Crippen LogP contribution in [-0.2, 0) is 10.8 Å². The van der Waals surface area contributed by atoms with Gasteiger partial charge in [0.05, 0.1) is 0 Å². The first-order valence-electron chi connectivity index (χ1n) is 3.80. The lowest BCUT2D eigenvalue weighted by molar-refractivity contribution is 0.686. The molecule has 0 saturated carbocycles. The third-order valence-electron chi connectivity index (χ3n) is 1.74. The first-order valence-corrected chi connectivity index (χ1v) is 5.36. The lowest BCUT2D eigenvalue weighted by atomic mass is 10.1. The van der Waals surface area contributed by atoms with Crippen molar-refractivity contribution in [3.63, 3.8) is 0 Å². The highest BCUT2D eigenvalue weighted by Gasteiger charge is 2.00. The Labute approximate surface area is 75.2 Å². The largest absolute Gasteiger partial charge is 0.324 e. The Morgan fingerprint density at radius 3 is 2.17 bits per heavy atom. The van der Waals surface area contributed by atoms with Gasteiger partial charge in [0.1, 0.15) is 0 Å². The van der Waals surface area contributed by atoms with E-state index in [4.69, 9.17) is 5.73 Å². The van der Waals surface area contributed by atoms with Gasteiger partial charge in [0.15, 0.2) is 0 Å². The van der Waals surface area contributed by atoms with Crippen molar-refractivity contribution in [3.8, 4) is 0 Å². The van der Waals surface area contributed by atoms with Crippen LogP contribution in [0.25, 0.3) is 0 Å². The first-order chi connectivity index (χ1) is 5.61. The van der Waals surface area contributed by atoms with Gasteiger partial charge in [-0.15, -0.1) is 0 Å². The Kier molecular flexibility index (Phi) is 3.00. The van der Waals surface area contributed by atoms with Gasteiger partial charge in [-0.3, -0.25) is 4.21 Å². The van der Waals surface area contributed by atoms with E-state index in [1.807, 2.05) is 31.2 Å². The van der Waals surface area contributed by atoms with Gasteiger partial charge >= 0.3 is 0 Å². The molecule has 0 radical (unpaired) electrons. The van der Waals surface area contributed by atoms with Crippen molar-refractivity contribution in [2.45, 2.75) is 17.9 Å². The molecule has 1 aromatic carbocycles.